The Hall–Kier alpha value is -1.15. The fourth-order valence-electron chi connectivity index (χ4n) is 0.884. The fourth-order valence-corrected chi connectivity index (χ4v) is 2.14. The van der Waals surface area contributed by atoms with Crippen molar-refractivity contribution in [3.63, 3.8) is 0 Å². The molecule has 0 bridgehead atoms. The summed E-state index contributed by atoms with van der Waals surface area (Å²) in [5.74, 6) is -3.38. The van der Waals surface area contributed by atoms with Crippen LogP contribution in [0, 0.1) is 0 Å². The van der Waals surface area contributed by atoms with Crippen molar-refractivity contribution in [1.82, 2.24) is 4.72 Å². The molecule has 0 aromatic carbocycles. The molecule has 88 valence electrons. The molecule has 0 aromatic heterocycles. The number of carboxylic acids is 1. The largest absolute Gasteiger partial charge is 0.480 e. The summed E-state index contributed by atoms with van der Waals surface area (Å²) in [6.07, 6.45) is 0. The summed E-state index contributed by atoms with van der Waals surface area (Å²) >= 11 is 0. The molecule has 0 radical (unpaired) electrons. The number of carbonyl (C=O) groups excluding carboxylic acids is 1. The number of hydrogen-bond donors (Lipinski definition) is 2. The summed E-state index contributed by atoms with van der Waals surface area (Å²) in [5.41, 5.74) is -1.48. The first-order valence-corrected chi connectivity index (χ1v) is 5.58. The molecule has 8 heteroatoms. The molecule has 0 rings (SSSR count). The second kappa shape index (κ2) is 4.58. The van der Waals surface area contributed by atoms with Crippen molar-refractivity contribution in [3.05, 3.63) is 0 Å². The molecule has 0 aromatic rings. The van der Waals surface area contributed by atoms with Gasteiger partial charge in [-0.1, -0.05) is 0 Å². The molecular formula is C7H13NO6S. The van der Waals surface area contributed by atoms with Gasteiger partial charge in [-0.15, -0.1) is 0 Å². The second-order valence-corrected chi connectivity index (χ2v) is 5.09. The van der Waals surface area contributed by atoms with E-state index < -0.39 is 33.3 Å². The third-order valence-corrected chi connectivity index (χ3v) is 2.87. The van der Waals surface area contributed by atoms with Gasteiger partial charge in [0.2, 0.25) is 10.0 Å². The Morgan fingerprint density at radius 1 is 1.40 bits per heavy atom. The lowest BCUT2D eigenvalue weighted by atomic mass is 10.1. The number of methoxy groups -OCH3 is 1. The number of carboxylic acid groups (broad SMARTS) is 1. The van der Waals surface area contributed by atoms with Gasteiger partial charge in [-0.25, -0.2) is 8.42 Å². The second-order valence-electron chi connectivity index (χ2n) is 3.37. The quantitative estimate of drug-likeness (QED) is 0.592. The zero-order valence-electron chi connectivity index (χ0n) is 8.60. The van der Waals surface area contributed by atoms with E-state index in [4.69, 9.17) is 5.11 Å². The number of hydrogen-bond acceptors (Lipinski definition) is 5. The Morgan fingerprint density at radius 2 is 1.87 bits per heavy atom. The van der Waals surface area contributed by atoms with Gasteiger partial charge in [0.05, 0.1) is 7.11 Å². The zero-order valence-corrected chi connectivity index (χ0v) is 9.42. The molecule has 0 fully saturated rings. The molecule has 0 unspecified atom stereocenters. The number of rotatable bonds is 5. The maximum atomic E-state index is 11.2. The Morgan fingerprint density at radius 3 is 2.20 bits per heavy atom. The first-order chi connectivity index (χ1) is 6.60. The van der Waals surface area contributed by atoms with Gasteiger partial charge >= 0.3 is 11.9 Å². The number of ether oxygens (including phenoxy) is 1. The van der Waals surface area contributed by atoms with E-state index in [1.807, 2.05) is 4.72 Å². The highest BCUT2D eigenvalue weighted by Crippen LogP contribution is 2.06. The Bertz CT molecular complexity index is 358. The van der Waals surface area contributed by atoms with Crippen molar-refractivity contribution in [2.24, 2.45) is 0 Å². The van der Waals surface area contributed by atoms with Crippen LogP contribution in [0.2, 0.25) is 0 Å². The summed E-state index contributed by atoms with van der Waals surface area (Å²) in [6.45, 7) is 2.55. The highest BCUT2D eigenvalue weighted by molar-refractivity contribution is 7.90. The predicted octanol–water partition coefficient (Wildman–Crippen LogP) is -1.06. The molecule has 0 saturated heterocycles. The van der Waals surface area contributed by atoms with E-state index in [0.29, 0.717) is 0 Å². The van der Waals surface area contributed by atoms with E-state index in [1.165, 1.54) is 13.8 Å². The summed E-state index contributed by atoms with van der Waals surface area (Å²) in [7, 11) is -2.94. The minimum atomic E-state index is -4.04. The molecule has 0 atom stereocenters. The van der Waals surface area contributed by atoms with Gasteiger partial charge in [-0.3, -0.25) is 9.59 Å². The third kappa shape index (κ3) is 4.75. The number of carbonyl (C=O) groups is 2. The zero-order chi connectivity index (χ0) is 12.3. The Labute approximate surface area is 87.5 Å². The molecule has 0 heterocycles. The van der Waals surface area contributed by atoms with Gasteiger partial charge in [0, 0.05) is 0 Å². The monoisotopic (exact) mass is 239 g/mol. The molecule has 0 amide bonds. The van der Waals surface area contributed by atoms with Crippen LogP contribution in [0.5, 0.6) is 0 Å². The fraction of sp³-hybridized carbons (Fsp3) is 0.714. The average Bonchev–Trinajstić information content (AvgIpc) is 1.97. The van der Waals surface area contributed by atoms with Crippen LogP contribution in [-0.4, -0.2) is 43.9 Å². The van der Waals surface area contributed by atoms with Gasteiger partial charge in [-0.05, 0) is 13.8 Å². The molecular weight excluding hydrogens is 226 g/mol. The molecule has 2 N–H and O–H groups in total. The van der Waals surface area contributed by atoms with Crippen LogP contribution in [0.25, 0.3) is 0 Å². The average molecular weight is 239 g/mol. The van der Waals surface area contributed by atoms with Crippen LogP contribution >= 0.6 is 0 Å². The van der Waals surface area contributed by atoms with E-state index in [0.717, 1.165) is 7.11 Å². The summed E-state index contributed by atoms with van der Waals surface area (Å²) in [6, 6.07) is 0. The maximum absolute atomic E-state index is 11.2. The van der Waals surface area contributed by atoms with Crippen molar-refractivity contribution >= 4 is 22.0 Å². The molecule has 0 aliphatic heterocycles. The standard InChI is InChI=1S/C7H13NO6S/c1-7(2,6(11)14-3)8-15(12,13)4-5(9)10/h8H,4H2,1-3H3,(H,9,10). The molecule has 7 nitrogen and oxygen atoms in total. The van der Waals surface area contributed by atoms with Crippen molar-refractivity contribution in [2.75, 3.05) is 12.9 Å². The van der Waals surface area contributed by atoms with Crippen LogP contribution in [0.1, 0.15) is 13.8 Å². The van der Waals surface area contributed by atoms with Crippen molar-refractivity contribution < 1.29 is 27.9 Å². The smallest absolute Gasteiger partial charge is 0.326 e. The summed E-state index contributed by atoms with van der Waals surface area (Å²) in [4.78, 5) is 21.3. The highest BCUT2D eigenvalue weighted by atomic mass is 32.2. The Balaban J connectivity index is 4.72. The van der Waals surface area contributed by atoms with Crippen LogP contribution in [0.3, 0.4) is 0 Å². The van der Waals surface area contributed by atoms with Gasteiger partial charge in [0.15, 0.2) is 5.75 Å². The molecule has 0 aliphatic rings. The minimum absolute atomic E-state index is 0.795. The first kappa shape index (κ1) is 13.8. The van der Waals surface area contributed by atoms with Crippen LogP contribution in [0.15, 0.2) is 0 Å². The topological polar surface area (TPSA) is 110 Å². The molecule has 0 spiro atoms. The summed E-state index contributed by atoms with van der Waals surface area (Å²) < 4.78 is 28.6. The normalized spacial score (nSPS) is 12.2. The van der Waals surface area contributed by atoms with Crippen LogP contribution in [0.4, 0.5) is 0 Å². The minimum Gasteiger partial charge on any atom is -0.480 e. The van der Waals surface area contributed by atoms with Gasteiger partial charge in [-0.2, -0.15) is 4.72 Å². The van der Waals surface area contributed by atoms with Crippen LogP contribution in [-0.2, 0) is 24.3 Å². The van der Waals surface area contributed by atoms with Gasteiger partial charge in [0.1, 0.15) is 5.54 Å². The van der Waals surface area contributed by atoms with Crippen molar-refractivity contribution in [2.45, 2.75) is 19.4 Å². The number of esters is 1. The highest BCUT2D eigenvalue weighted by Gasteiger charge is 2.34. The van der Waals surface area contributed by atoms with E-state index in [2.05, 4.69) is 4.74 Å². The van der Waals surface area contributed by atoms with Gasteiger partial charge in [0.25, 0.3) is 0 Å². The Kier molecular flexibility index (Phi) is 4.23. The van der Waals surface area contributed by atoms with E-state index in [-0.39, 0.29) is 0 Å². The predicted molar refractivity (Wildman–Crippen MR) is 50.7 cm³/mol. The van der Waals surface area contributed by atoms with E-state index in [1.54, 1.807) is 0 Å². The maximum Gasteiger partial charge on any atom is 0.326 e. The number of aliphatic carboxylic acids is 1. The summed E-state index contributed by atoms with van der Waals surface area (Å²) in [5, 5.41) is 8.31. The molecule has 0 aliphatic carbocycles. The van der Waals surface area contributed by atoms with Crippen LogP contribution < -0.4 is 4.72 Å². The van der Waals surface area contributed by atoms with Crippen molar-refractivity contribution in [1.29, 1.82) is 0 Å². The first-order valence-electron chi connectivity index (χ1n) is 3.92. The molecule has 0 saturated carbocycles. The van der Waals surface area contributed by atoms with E-state index >= 15 is 0 Å². The van der Waals surface area contributed by atoms with E-state index in [9.17, 15) is 18.0 Å². The number of nitrogens with one attached hydrogen (secondary N) is 1. The van der Waals surface area contributed by atoms with Gasteiger partial charge < -0.3 is 9.84 Å². The lowest BCUT2D eigenvalue weighted by Crippen LogP contribution is -2.51. The SMILES string of the molecule is COC(=O)C(C)(C)NS(=O)(=O)CC(=O)O. The number of sulfonamides is 1. The third-order valence-electron chi connectivity index (χ3n) is 1.42. The van der Waals surface area contributed by atoms with Crippen molar-refractivity contribution in [3.8, 4) is 0 Å². The lowest BCUT2D eigenvalue weighted by Gasteiger charge is -2.22. The lowest BCUT2D eigenvalue weighted by molar-refractivity contribution is -0.146. The molecule has 15 heavy (non-hydrogen) atoms.